The summed E-state index contributed by atoms with van der Waals surface area (Å²) in [5, 5.41) is 22.0. The van der Waals surface area contributed by atoms with Crippen molar-refractivity contribution in [1.82, 2.24) is 10.2 Å². The van der Waals surface area contributed by atoms with Gasteiger partial charge in [0, 0.05) is 25.7 Å². The molecule has 1 aliphatic heterocycles. The number of carbonyl (C=O) groups excluding carboxylic acids is 1. The molecule has 0 saturated carbocycles. The Hall–Kier alpha value is -2.26. The summed E-state index contributed by atoms with van der Waals surface area (Å²) in [5.74, 6) is -0.000954. The van der Waals surface area contributed by atoms with Crippen molar-refractivity contribution in [2.24, 2.45) is 0 Å². The van der Waals surface area contributed by atoms with Gasteiger partial charge >= 0.3 is 0 Å². The van der Waals surface area contributed by atoms with E-state index in [2.05, 4.69) is 11.4 Å². The van der Waals surface area contributed by atoms with Gasteiger partial charge in [-0.25, -0.2) is 0 Å². The molecule has 1 atom stereocenters. The molecular weight excluding hydrogens is 246 g/mol. The number of carbonyl (C=O) groups is 1. The normalized spacial score (nSPS) is 18.7. The molecule has 1 unspecified atom stereocenters. The van der Waals surface area contributed by atoms with E-state index in [1.165, 1.54) is 24.1 Å². The summed E-state index contributed by atoms with van der Waals surface area (Å²) in [6, 6.07) is 6.07. The van der Waals surface area contributed by atoms with Crippen molar-refractivity contribution in [3.8, 4) is 17.6 Å². The molecule has 0 radical (unpaired) electrons. The number of methoxy groups -OCH3 is 1. The molecule has 0 bridgehead atoms. The lowest BCUT2D eigenvalue weighted by Crippen LogP contribution is -2.53. The van der Waals surface area contributed by atoms with E-state index in [-0.39, 0.29) is 17.2 Å². The van der Waals surface area contributed by atoms with Crippen molar-refractivity contribution in [1.29, 1.82) is 5.26 Å². The number of ether oxygens (including phenoxy) is 1. The Morgan fingerprint density at radius 3 is 3.05 bits per heavy atom. The fourth-order valence-electron chi connectivity index (χ4n) is 2.04. The third kappa shape index (κ3) is 2.61. The lowest BCUT2D eigenvalue weighted by Gasteiger charge is -2.32. The Bertz CT molecular complexity index is 524. The van der Waals surface area contributed by atoms with Crippen molar-refractivity contribution in [3.05, 3.63) is 23.8 Å². The minimum Gasteiger partial charge on any atom is -0.507 e. The highest BCUT2D eigenvalue weighted by atomic mass is 16.5. The Labute approximate surface area is 111 Å². The lowest BCUT2D eigenvalue weighted by molar-refractivity contribution is 0.0684. The first-order valence-corrected chi connectivity index (χ1v) is 5.95. The van der Waals surface area contributed by atoms with Gasteiger partial charge in [-0.2, -0.15) is 5.26 Å². The van der Waals surface area contributed by atoms with E-state index in [1.54, 1.807) is 6.07 Å². The van der Waals surface area contributed by atoms with Crippen LogP contribution < -0.4 is 10.1 Å². The largest absolute Gasteiger partial charge is 0.507 e. The summed E-state index contributed by atoms with van der Waals surface area (Å²) >= 11 is 0. The van der Waals surface area contributed by atoms with Gasteiger partial charge in [-0.3, -0.25) is 4.79 Å². The second kappa shape index (κ2) is 5.59. The smallest absolute Gasteiger partial charge is 0.258 e. The van der Waals surface area contributed by atoms with Gasteiger partial charge < -0.3 is 20.1 Å². The first-order valence-electron chi connectivity index (χ1n) is 5.95. The quantitative estimate of drug-likeness (QED) is 0.801. The number of benzene rings is 1. The van der Waals surface area contributed by atoms with Crippen molar-refractivity contribution in [3.63, 3.8) is 0 Å². The van der Waals surface area contributed by atoms with Crippen LogP contribution in [-0.2, 0) is 0 Å². The second-order valence-corrected chi connectivity index (χ2v) is 4.23. The molecule has 19 heavy (non-hydrogen) atoms. The van der Waals surface area contributed by atoms with Crippen LogP contribution in [-0.4, -0.2) is 48.7 Å². The highest BCUT2D eigenvalue weighted by Crippen LogP contribution is 2.25. The van der Waals surface area contributed by atoms with Crippen LogP contribution in [0.1, 0.15) is 10.4 Å². The van der Waals surface area contributed by atoms with Gasteiger partial charge in [0.25, 0.3) is 5.91 Å². The van der Waals surface area contributed by atoms with Gasteiger partial charge in [-0.1, -0.05) is 0 Å². The van der Waals surface area contributed by atoms with Gasteiger partial charge in [0.05, 0.1) is 18.7 Å². The number of rotatable bonds is 2. The first kappa shape index (κ1) is 13.2. The van der Waals surface area contributed by atoms with Crippen LogP contribution in [0.2, 0.25) is 0 Å². The van der Waals surface area contributed by atoms with Crippen LogP contribution in [0.5, 0.6) is 11.5 Å². The monoisotopic (exact) mass is 261 g/mol. The molecule has 1 heterocycles. The van der Waals surface area contributed by atoms with Gasteiger partial charge in [-0.05, 0) is 12.1 Å². The Balaban J connectivity index is 2.26. The first-order chi connectivity index (χ1) is 9.17. The molecule has 1 amide bonds. The fraction of sp³-hybridized carbons (Fsp3) is 0.385. The van der Waals surface area contributed by atoms with Crippen LogP contribution >= 0.6 is 0 Å². The predicted octanol–water partition coefficient (Wildman–Crippen LogP) is 0.338. The average Bonchev–Trinajstić information content (AvgIpc) is 2.46. The molecule has 2 rings (SSSR count). The van der Waals surface area contributed by atoms with E-state index >= 15 is 0 Å². The highest BCUT2D eigenvalue weighted by molar-refractivity contribution is 5.97. The minimum absolute atomic E-state index is 0.139. The Kier molecular flexibility index (Phi) is 3.88. The number of phenolic OH excluding ortho intramolecular Hbond substituents is 1. The Morgan fingerprint density at radius 1 is 1.63 bits per heavy atom. The highest BCUT2D eigenvalue weighted by Gasteiger charge is 2.28. The molecule has 1 fully saturated rings. The zero-order valence-corrected chi connectivity index (χ0v) is 10.6. The second-order valence-electron chi connectivity index (χ2n) is 4.23. The summed E-state index contributed by atoms with van der Waals surface area (Å²) in [5.41, 5.74) is 0.183. The molecule has 1 saturated heterocycles. The van der Waals surface area contributed by atoms with Gasteiger partial charge in [-0.15, -0.1) is 0 Å². The SMILES string of the molecule is COc1ccc(C(=O)N2CCNCC2C#N)c(O)c1. The molecule has 6 heteroatoms. The maximum absolute atomic E-state index is 12.3. The number of nitriles is 1. The van der Waals surface area contributed by atoms with Gasteiger partial charge in [0.15, 0.2) is 0 Å². The van der Waals surface area contributed by atoms with Crippen LogP contribution in [0, 0.1) is 11.3 Å². The third-order valence-corrected chi connectivity index (χ3v) is 3.09. The molecule has 1 aromatic rings. The molecule has 1 aromatic carbocycles. The molecule has 1 aliphatic rings. The zero-order chi connectivity index (χ0) is 13.8. The summed E-state index contributed by atoms with van der Waals surface area (Å²) in [6.07, 6.45) is 0. The van der Waals surface area contributed by atoms with Crippen molar-refractivity contribution >= 4 is 5.91 Å². The number of nitrogens with zero attached hydrogens (tertiary/aromatic N) is 2. The molecule has 0 aromatic heterocycles. The molecule has 6 nitrogen and oxygen atoms in total. The summed E-state index contributed by atoms with van der Waals surface area (Å²) in [4.78, 5) is 13.8. The van der Waals surface area contributed by atoms with Crippen LogP contribution in [0.15, 0.2) is 18.2 Å². The summed E-state index contributed by atoms with van der Waals surface area (Å²) < 4.78 is 4.97. The molecular formula is C13H15N3O3. The van der Waals surface area contributed by atoms with E-state index in [4.69, 9.17) is 10.00 Å². The van der Waals surface area contributed by atoms with E-state index in [1.807, 2.05) is 0 Å². The maximum Gasteiger partial charge on any atom is 0.258 e. The predicted molar refractivity (Wildman–Crippen MR) is 68.0 cm³/mol. The van der Waals surface area contributed by atoms with Crippen molar-refractivity contribution < 1.29 is 14.6 Å². The number of hydrogen-bond acceptors (Lipinski definition) is 5. The molecule has 2 N–H and O–H groups in total. The minimum atomic E-state index is -0.511. The number of piperazine rings is 1. The summed E-state index contributed by atoms with van der Waals surface area (Å²) in [7, 11) is 1.48. The van der Waals surface area contributed by atoms with E-state index in [9.17, 15) is 9.90 Å². The van der Waals surface area contributed by atoms with E-state index in [0.29, 0.717) is 25.4 Å². The van der Waals surface area contributed by atoms with Gasteiger partial charge in [0.1, 0.15) is 17.5 Å². The van der Waals surface area contributed by atoms with Crippen molar-refractivity contribution in [2.75, 3.05) is 26.7 Å². The third-order valence-electron chi connectivity index (χ3n) is 3.09. The molecule has 0 spiro atoms. The van der Waals surface area contributed by atoms with Gasteiger partial charge in [0.2, 0.25) is 0 Å². The maximum atomic E-state index is 12.3. The fourth-order valence-corrected chi connectivity index (χ4v) is 2.04. The van der Waals surface area contributed by atoms with Crippen LogP contribution in [0.25, 0.3) is 0 Å². The summed E-state index contributed by atoms with van der Waals surface area (Å²) in [6.45, 7) is 1.53. The Morgan fingerprint density at radius 2 is 2.42 bits per heavy atom. The number of phenols is 1. The number of aromatic hydroxyl groups is 1. The van der Waals surface area contributed by atoms with Crippen molar-refractivity contribution in [2.45, 2.75) is 6.04 Å². The topological polar surface area (TPSA) is 85.6 Å². The van der Waals surface area contributed by atoms with Crippen LogP contribution in [0.3, 0.4) is 0 Å². The average molecular weight is 261 g/mol. The van der Waals surface area contributed by atoms with E-state index < -0.39 is 6.04 Å². The molecule has 100 valence electrons. The number of nitrogens with one attached hydrogen (secondary N) is 1. The molecule has 0 aliphatic carbocycles. The van der Waals surface area contributed by atoms with E-state index in [0.717, 1.165) is 0 Å². The standard InChI is InChI=1S/C13H15N3O3/c1-19-10-2-3-11(12(17)6-10)13(18)16-5-4-15-8-9(16)7-14/h2-3,6,9,15,17H,4-5,8H2,1H3. The number of amides is 1. The zero-order valence-electron chi connectivity index (χ0n) is 10.6. The van der Waals surface area contributed by atoms with Crippen LogP contribution in [0.4, 0.5) is 0 Å². The lowest BCUT2D eigenvalue weighted by atomic mass is 10.1. The number of hydrogen-bond donors (Lipinski definition) is 2.